The molecule has 0 radical (unpaired) electrons. The fourth-order valence-electron chi connectivity index (χ4n) is 4.50. The van der Waals surface area contributed by atoms with Crippen molar-refractivity contribution in [2.45, 2.75) is 43.5 Å². The number of anilines is 1. The molecule has 1 heterocycles. The van der Waals surface area contributed by atoms with Crippen LogP contribution in [0.25, 0.3) is 11.3 Å². The molecule has 0 bridgehead atoms. The van der Waals surface area contributed by atoms with E-state index in [-0.39, 0.29) is 36.0 Å². The van der Waals surface area contributed by atoms with Gasteiger partial charge in [-0.15, -0.1) is 0 Å². The maximum Gasteiger partial charge on any atom is 0.254 e. The van der Waals surface area contributed by atoms with E-state index in [9.17, 15) is 18.7 Å². The SMILES string of the molecule is CNCC(NC(=O)c1ccc(-c2nc([C@@H]3CC[C@@H](O)[C@H](F)C3)cnc2N)cc1F)c1cc(F)cc(Br)c1. The smallest absolute Gasteiger partial charge is 0.254 e. The van der Waals surface area contributed by atoms with Crippen molar-refractivity contribution in [3.05, 3.63) is 75.5 Å². The molecule has 4 atom stereocenters. The summed E-state index contributed by atoms with van der Waals surface area (Å²) in [4.78, 5) is 21.6. The number of rotatable bonds is 7. The van der Waals surface area contributed by atoms with Gasteiger partial charge >= 0.3 is 0 Å². The molecule has 3 aromatic rings. The molecule has 1 saturated carbocycles. The minimum Gasteiger partial charge on any atom is -0.390 e. The van der Waals surface area contributed by atoms with Crippen molar-refractivity contribution in [3.8, 4) is 11.3 Å². The number of benzene rings is 2. The lowest BCUT2D eigenvalue weighted by Crippen LogP contribution is -2.35. The summed E-state index contributed by atoms with van der Waals surface area (Å²) in [5.74, 6) is -2.12. The molecule has 1 aromatic heterocycles. The molecule has 196 valence electrons. The normalized spacial score (nSPS) is 20.4. The Bertz CT molecular complexity index is 1270. The van der Waals surface area contributed by atoms with Crippen LogP contribution in [0.2, 0.25) is 0 Å². The largest absolute Gasteiger partial charge is 0.390 e. The van der Waals surface area contributed by atoms with Crippen molar-refractivity contribution in [1.82, 2.24) is 20.6 Å². The molecule has 2 aromatic carbocycles. The Balaban J connectivity index is 1.56. The number of halogens is 4. The fraction of sp³-hybridized carbons (Fsp3) is 0.346. The Morgan fingerprint density at radius 3 is 2.70 bits per heavy atom. The number of aliphatic hydroxyl groups is 1. The van der Waals surface area contributed by atoms with Gasteiger partial charge in [0.1, 0.15) is 29.3 Å². The van der Waals surface area contributed by atoms with Gasteiger partial charge in [0, 0.05) is 22.5 Å². The Morgan fingerprint density at radius 1 is 1.24 bits per heavy atom. The molecule has 0 aliphatic heterocycles. The van der Waals surface area contributed by atoms with E-state index in [1.54, 1.807) is 13.1 Å². The molecule has 7 nitrogen and oxygen atoms in total. The minimum atomic E-state index is -1.35. The lowest BCUT2D eigenvalue weighted by atomic mass is 9.84. The number of amides is 1. The summed E-state index contributed by atoms with van der Waals surface area (Å²) >= 11 is 3.24. The van der Waals surface area contributed by atoms with Gasteiger partial charge in [-0.2, -0.15) is 0 Å². The third-order valence-electron chi connectivity index (χ3n) is 6.46. The number of nitrogens with zero attached hydrogens (tertiary/aromatic N) is 2. The van der Waals surface area contributed by atoms with Gasteiger partial charge in [0.25, 0.3) is 5.91 Å². The zero-order valence-electron chi connectivity index (χ0n) is 20.0. The standard InChI is InChI=1S/C26H27BrF3N5O2/c1-32-11-21(15-6-16(27)10-17(28)7-15)35-26(37)18-4-2-14(9-19(18)29)24-25(31)33-12-22(34-24)13-3-5-23(36)20(30)8-13/h2,4,6-7,9-10,12-13,20-21,23,32,36H,3,5,8,11H2,1H3,(H2,31,33)(H,35,37)/t13-,20-,21?,23-/m1/s1. The molecule has 1 amide bonds. The molecule has 1 unspecified atom stereocenters. The van der Waals surface area contributed by atoms with E-state index in [0.717, 1.165) is 6.07 Å². The molecule has 4 rings (SSSR count). The maximum atomic E-state index is 15.1. The van der Waals surface area contributed by atoms with Gasteiger partial charge in [-0.05, 0) is 62.2 Å². The van der Waals surface area contributed by atoms with Gasteiger partial charge in [0.2, 0.25) is 0 Å². The third kappa shape index (κ3) is 6.28. The van der Waals surface area contributed by atoms with Crippen molar-refractivity contribution in [1.29, 1.82) is 0 Å². The summed E-state index contributed by atoms with van der Waals surface area (Å²) in [5, 5.41) is 15.3. The molecule has 1 aliphatic rings. The average molecular weight is 578 g/mol. The Labute approximate surface area is 220 Å². The lowest BCUT2D eigenvalue weighted by molar-refractivity contribution is 0.0363. The number of likely N-dealkylation sites (N-methyl/N-ethyl adjacent to an activating group) is 1. The molecule has 1 fully saturated rings. The van der Waals surface area contributed by atoms with Gasteiger partial charge in [-0.1, -0.05) is 22.0 Å². The highest BCUT2D eigenvalue weighted by Crippen LogP contribution is 2.35. The average Bonchev–Trinajstić information content (AvgIpc) is 2.85. The van der Waals surface area contributed by atoms with Crippen molar-refractivity contribution >= 4 is 27.7 Å². The second kappa shape index (κ2) is 11.6. The zero-order valence-corrected chi connectivity index (χ0v) is 21.6. The number of nitrogen functional groups attached to an aromatic ring is 1. The summed E-state index contributed by atoms with van der Waals surface area (Å²) in [6.07, 6.45) is 0.105. The van der Waals surface area contributed by atoms with E-state index >= 15 is 4.39 Å². The minimum absolute atomic E-state index is 0.0683. The molecule has 0 saturated heterocycles. The van der Waals surface area contributed by atoms with Crippen molar-refractivity contribution in [2.75, 3.05) is 19.3 Å². The molecule has 5 N–H and O–H groups in total. The molecule has 11 heteroatoms. The second-order valence-electron chi connectivity index (χ2n) is 9.10. The molecular formula is C26H27BrF3N5O2. The zero-order chi connectivity index (χ0) is 26.7. The summed E-state index contributed by atoms with van der Waals surface area (Å²) in [6, 6.07) is 7.65. The maximum absolute atomic E-state index is 15.1. The number of carbonyl (C=O) groups excluding carboxylic acids is 1. The molecule has 37 heavy (non-hydrogen) atoms. The monoisotopic (exact) mass is 577 g/mol. The van der Waals surface area contributed by atoms with E-state index in [0.29, 0.717) is 34.1 Å². The number of hydrogen-bond donors (Lipinski definition) is 4. The highest BCUT2D eigenvalue weighted by molar-refractivity contribution is 9.10. The van der Waals surface area contributed by atoms with Gasteiger partial charge in [-0.25, -0.2) is 23.1 Å². The number of carbonyl (C=O) groups is 1. The predicted octanol–water partition coefficient (Wildman–Crippen LogP) is 4.42. The topological polar surface area (TPSA) is 113 Å². The van der Waals surface area contributed by atoms with Gasteiger partial charge in [-0.3, -0.25) is 4.79 Å². The Morgan fingerprint density at radius 2 is 2.03 bits per heavy atom. The Kier molecular flexibility index (Phi) is 8.46. The van der Waals surface area contributed by atoms with E-state index in [1.165, 1.54) is 30.5 Å². The van der Waals surface area contributed by atoms with Crippen molar-refractivity contribution in [3.63, 3.8) is 0 Å². The summed E-state index contributed by atoms with van der Waals surface area (Å²) in [6.45, 7) is 0.290. The van der Waals surface area contributed by atoms with Crippen LogP contribution in [-0.4, -0.2) is 46.8 Å². The first-order chi connectivity index (χ1) is 17.7. The van der Waals surface area contributed by atoms with Gasteiger partial charge in [0.05, 0.1) is 29.6 Å². The Hall–Kier alpha value is -3.02. The first-order valence-electron chi connectivity index (χ1n) is 11.8. The van der Waals surface area contributed by atoms with Crippen molar-refractivity contribution in [2.24, 2.45) is 0 Å². The second-order valence-corrected chi connectivity index (χ2v) is 10.0. The van der Waals surface area contributed by atoms with Crippen LogP contribution in [0, 0.1) is 11.6 Å². The number of aromatic nitrogens is 2. The predicted molar refractivity (Wildman–Crippen MR) is 138 cm³/mol. The fourth-order valence-corrected chi connectivity index (χ4v) is 4.99. The highest BCUT2D eigenvalue weighted by Gasteiger charge is 2.31. The number of hydrogen-bond acceptors (Lipinski definition) is 6. The van der Waals surface area contributed by atoms with E-state index in [1.807, 2.05) is 0 Å². The highest BCUT2D eigenvalue weighted by atomic mass is 79.9. The number of nitrogens with one attached hydrogen (secondary N) is 2. The van der Waals surface area contributed by atoms with Crippen LogP contribution in [0.3, 0.4) is 0 Å². The van der Waals surface area contributed by atoms with Crippen LogP contribution in [0.15, 0.2) is 47.1 Å². The third-order valence-corrected chi connectivity index (χ3v) is 6.92. The lowest BCUT2D eigenvalue weighted by Gasteiger charge is -2.28. The summed E-state index contributed by atoms with van der Waals surface area (Å²) in [5.41, 5.74) is 7.36. The van der Waals surface area contributed by atoms with E-state index in [4.69, 9.17) is 5.73 Å². The molecule has 0 spiro atoms. The number of nitrogens with two attached hydrogens (primary N) is 1. The van der Waals surface area contributed by atoms with Crippen molar-refractivity contribution < 1.29 is 23.1 Å². The molecule has 1 aliphatic carbocycles. The van der Waals surface area contributed by atoms with Crippen LogP contribution in [0.1, 0.15) is 52.8 Å². The van der Waals surface area contributed by atoms with Crippen LogP contribution >= 0.6 is 15.9 Å². The van der Waals surface area contributed by atoms with Gasteiger partial charge < -0.3 is 21.5 Å². The van der Waals surface area contributed by atoms with Gasteiger partial charge in [0.15, 0.2) is 0 Å². The summed E-state index contributed by atoms with van der Waals surface area (Å²) in [7, 11) is 1.69. The van der Waals surface area contributed by atoms with E-state index in [2.05, 4.69) is 36.5 Å². The van der Waals surface area contributed by atoms with Crippen LogP contribution in [0.5, 0.6) is 0 Å². The van der Waals surface area contributed by atoms with Crippen LogP contribution in [-0.2, 0) is 0 Å². The number of aliphatic hydroxyl groups excluding tert-OH is 1. The van der Waals surface area contributed by atoms with Crippen LogP contribution < -0.4 is 16.4 Å². The van der Waals surface area contributed by atoms with Crippen LogP contribution in [0.4, 0.5) is 19.0 Å². The first-order valence-corrected chi connectivity index (χ1v) is 12.6. The van der Waals surface area contributed by atoms with E-state index < -0.39 is 35.9 Å². The number of alkyl halides is 1. The first kappa shape index (κ1) is 27.0. The molecular weight excluding hydrogens is 551 g/mol. The summed E-state index contributed by atoms with van der Waals surface area (Å²) < 4.78 is 43.6. The quantitative estimate of drug-likeness (QED) is 0.330.